The van der Waals surface area contributed by atoms with Crippen molar-refractivity contribution in [1.82, 2.24) is 10.2 Å². The van der Waals surface area contributed by atoms with Gasteiger partial charge in [0.25, 0.3) is 0 Å². The number of anilines is 1. The second kappa shape index (κ2) is 13.9. The van der Waals surface area contributed by atoms with Gasteiger partial charge in [-0.3, -0.25) is 13.9 Å². The molecule has 0 heterocycles. The molecule has 0 bridgehead atoms. The van der Waals surface area contributed by atoms with Crippen molar-refractivity contribution in [2.75, 3.05) is 24.2 Å². The lowest BCUT2D eigenvalue weighted by Crippen LogP contribution is -2.54. The Morgan fingerprint density at radius 1 is 0.976 bits per heavy atom. The Bertz CT molecular complexity index is 1430. The molecule has 10 heteroatoms. The predicted octanol–water partition coefficient (Wildman–Crippen LogP) is 4.81. The van der Waals surface area contributed by atoms with E-state index in [9.17, 15) is 18.0 Å². The van der Waals surface area contributed by atoms with Crippen LogP contribution in [-0.2, 0) is 32.6 Å². The Morgan fingerprint density at radius 3 is 2.22 bits per heavy atom. The van der Waals surface area contributed by atoms with Crippen LogP contribution in [0, 0.1) is 0 Å². The summed E-state index contributed by atoms with van der Waals surface area (Å²) in [6, 6.07) is 22.2. The van der Waals surface area contributed by atoms with Gasteiger partial charge in [0.15, 0.2) is 0 Å². The summed E-state index contributed by atoms with van der Waals surface area (Å²) in [6.07, 6.45) is 5.18. The number of rotatable bonds is 12. The molecule has 4 rings (SSSR count). The fourth-order valence-corrected chi connectivity index (χ4v) is 6.14. The molecule has 1 N–H and O–H groups in total. The lowest BCUT2D eigenvalue weighted by molar-refractivity contribution is -0.140. The van der Waals surface area contributed by atoms with E-state index in [-0.39, 0.29) is 24.9 Å². The highest BCUT2D eigenvalue weighted by Gasteiger charge is 2.34. The maximum absolute atomic E-state index is 14.2. The van der Waals surface area contributed by atoms with Crippen molar-refractivity contribution in [1.29, 1.82) is 0 Å². The molecule has 3 aromatic carbocycles. The standard InChI is InChI=1S/C31H36ClN3O5S/c1-40-27-18-16-26(17-19-27)35(41(2,38)39)22-30(36)34(21-24-12-6-9-15-28(24)32)29(20-23-10-4-3-5-11-23)31(37)33-25-13-7-8-14-25/h3-6,9-12,15-19,25,29H,7-8,13-14,20-22H2,1-2H3,(H,33,37). The first kappa shape index (κ1) is 30.4. The molecule has 3 aromatic rings. The van der Waals surface area contributed by atoms with Crippen molar-refractivity contribution in [2.24, 2.45) is 0 Å². The fourth-order valence-electron chi connectivity index (χ4n) is 5.09. The first-order valence-corrected chi connectivity index (χ1v) is 15.9. The van der Waals surface area contributed by atoms with Crippen molar-refractivity contribution < 1.29 is 22.7 Å². The van der Waals surface area contributed by atoms with Gasteiger partial charge in [-0.2, -0.15) is 0 Å². The summed E-state index contributed by atoms with van der Waals surface area (Å²) in [5.41, 5.74) is 1.85. The molecule has 0 radical (unpaired) electrons. The van der Waals surface area contributed by atoms with Crippen LogP contribution in [0.5, 0.6) is 5.75 Å². The second-order valence-corrected chi connectivity index (χ2v) is 12.6. The number of ether oxygens (including phenoxy) is 1. The van der Waals surface area contributed by atoms with E-state index in [0.29, 0.717) is 22.0 Å². The highest BCUT2D eigenvalue weighted by atomic mass is 35.5. The number of benzene rings is 3. The molecule has 0 aromatic heterocycles. The smallest absolute Gasteiger partial charge is 0.244 e. The minimum Gasteiger partial charge on any atom is -0.497 e. The van der Waals surface area contributed by atoms with E-state index in [1.54, 1.807) is 42.5 Å². The van der Waals surface area contributed by atoms with Gasteiger partial charge in [-0.25, -0.2) is 8.42 Å². The monoisotopic (exact) mass is 597 g/mol. The zero-order valence-corrected chi connectivity index (χ0v) is 24.9. The molecule has 41 heavy (non-hydrogen) atoms. The molecule has 0 aliphatic heterocycles. The summed E-state index contributed by atoms with van der Waals surface area (Å²) in [6.45, 7) is -0.452. The highest BCUT2D eigenvalue weighted by molar-refractivity contribution is 7.92. The molecule has 1 unspecified atom stereocenters. The maximum Gasteiger partial charge on any atom is 0.244 e. The van der Waals surface area contributed by atoms with Crippen LogP contribution in [0.1, 0.15) is 36.8 Å². The second-order valence-electron chi connectivity index (χ2n) is 10.3. The molecule has 1 aliphatic carbocycles. The molecule has 1 atom stereocenters. The minimum atomic E-state index is -3.85. The number of carbonyl (C=O) groups is 2. The molecule has 1 fully saturated rings. The van der Waals surface area contributed by atoms with E-state index < -0.39 is 28.5 Å². The van der Waals surface area contributed by atoms with Gasteiger partial charge in [-0.05, 0) is 54.3 Å². The number of methoxy groups -OCH3 is 1. The third-order valence-corrected chi connectivity index (χ3v) is 8.82. The lowest BCUT2D eigenvalue weighted by atomic mass is 10.0. The zero-order chi connectivity index (χ0) is 29.4. The molecule has 8 nitrogen and oxygen atoms in total. The van der Waals surface area contributed by atoms with Gasteiger partial charge in [-0.1, -0.05) is 73.0 Å². The van der Waals surface area contributed by atoms with Crippen molar-refractivity contribution in [2.45, 2.75) is 50.7 Å². The minimum absolute atomic E-state index is 0.0360. The average Bonchev–Trinajstić information content (AvgIpc) is 3.47. The zero-order valence-electron chi connectivity index (χ0n) is 23.3. The van der Waals surface area contributed by atoms with Gasteiger partial charge >= 0.3 is 0 Å². The molecular formula is C31H36ClN3O5S. The molecular weight excluding hydrogens is 562 g/mol. The summed E-state index contributed by atoms with van der Waals surface area (Å²) in [5.74, 6) is -0.231. The Hall–Kier alpha value is -3.56. The van der Waals surface area contributed by atoms with Crippen molar-refractivity contribution in [3.63, 3.8) is 0 Å². The summed E-state index contributed by atoms with van der Waals surface area (Å²) in [5, 5.41) is 3.61. The molecule has 0 spiro atoms. The summed E-state index contributed by atoms with van der Waals surface area (Å²) in [4.78, 5) is 29.5. The van der Waals surface area contributed by atoms with E-state index in [1.807, 2.05) is 36.4 Å². The van der Waals surface area contributed by atoms with Crippen LogP contribution in [0.4, 0.5) is 5.69 Å². The van der Waals surface area contributed by atoms with E-state index in [2.05, 4.69) is 5.32 Å². The number of halogens is 1. The largest absolute Gasteiger partial charge is 0.497 e. The summed E-state index contributed by atoms with van der Waals surface area (Å²) < 4.78 is 32.1. The van der Waals surface area contributed by atoms with Crippen molar-refractivity contribution >= 4 is 39.1 Å². The Balaban J connectivity index is 1.72. The number of nitrogens with one attached hydrogen (secondary N) is 1. The fraction of sp³-hybridized carbons (Fsp3) is 0.355. The van der Waals surface area contributed by atoms with Crippen LogP contribution in [-0.4, -0.2) is 57.1 Å². The third-order valence-electron chi connectivity index (χ3n) is 7.31. The van der Waals surface area contributed by atoms with Gasteiger partial charge in [-0.15, -0.1) is 0 Å². The van der Waals surface area contributed by atoms with Crippen molar-refractivity contribution in [3.05, 3.63) is 95.0 Å². The maximum atomic E-state index is 14.2. The molecule has 218 valence electrons. The highest BCUT2D eigenvalue weighted by Crippen LogP contribution is 2.25. The first-order chi connectivity index (χ1) is 19.7. The van der Waals surface area contributed by atoms with Crippen molar-refractivity contribution in [3.8, 4) is 5.75 Å². The molecule has 1 saturated carbocycles. The normalized spacial score (nSPS) is 14.3. The number of amides is 2. The van der Waals surface area contributed by atoms with Gasteiger partial charge < -0.3 is 15.0 Å². The summed E-state index contributed by atoms with van der Waals surface area (Å²) >= 11 is 6.50. The number of hydrogen-bond donors (Lipinski definition) is 1. The SMILES string of the molecule is COc1ccc(N(CC(=O)N(Cc2ccccc2Cl)C(Cc2ccccc2)C(=O)NC2CCCC2)S(C)(=O)=O)cc1. The first-order valence-electron chi connectivity index (χ1n) is 13.6. The van der Waals surface area contributed by atoms with Crippen LogP contribution in [0.2, 0.25) is 5.02 Å². The summed E-state index contributed by atoms with van der Waals surface area (Å²) in [7, 11) is -2.34. The molecule has 2 amide bonds. The van der Waals surface area contributed by atoms with E-state index in [1.165, 1.54) is 12.0 Å². The van der Waals surface area contributed by atoms with Crippen LogP contribution >= 0.6 is 11.6 Å². The number of carbonyl (C=O) groups excluding carboxylic acids is 2. The van der Waals surface area contributed by atoms with E-state index >= 15 is 0 Å². The predicted molar refractivity (Wildman–Crippen MR) is 162 cm³/mol. The average molecular weight is 598 g/mol. The van der Waals surface area contributed by atoms with Gasteiger partial charge in [0, 0.05) is 24.0 Å². The Labute approximate surface area is 247 Å². The van der Waals surface area contributed by atoms with Crippen LogP contribution in [0.3, 0.4) is 0 Å². The molecule has 1 aliphatic rings. The Kier molecular flexibility index (Phi) is 10.3. The van der Waals surface area contributed by atoms with Crippen LogP contribution in [0.15, 0.2) is 78.9 Å². The quantitative estimate of drug-likeness (QED) is 0.323. The van der Waals surface area contributed by atoms with E-state index in [4.69, 9.17) is 16.3 Å². The van der Waals surface area contributed by atoms with Crippen LogP contribution < -0.4 is 14.4 Å². The van der Waals surface area contributed by atoms with E-state index in [0.717, 1.165) is 41.8 Å². The third kappa shape index (κ3) is 8.24. The topological polar surface area (TPSA) is 96.0 Å². The lowest BCUT2D eigenvalue weighted by Gasteiger charge is -2.34. The van der Waals surface area contributed by atoms with Gasteiger partial charge in [0.1, 0.15) is 18.3 Å². The van der Waals surface area contributed by atoms with Gasteiger partial charge in [0.2, 0.25) is 21.8 Å². The van der Waals surface area contributed by atoms with Crippen LogP contribution in [0.25, 0.3) is 0 Å². The Morgan fingerprint density at radius 2 is 1.61 bits per heavy atom. The molecule has 0 saturated heterocycles. The number of hydrogen-bond acceptors (Lipinski definition) is 5. The number of sulfonamides is 1. The number of nitrogens with zero attached hydrogens (tertiary/aromatic N) is 2. The van der Waals surface area contributed by atoms with Gasteiger partial charge in [0.05, 0.1) is 19.1 Å².